The topological polar surface area (TPSA) is 142 Å². The molecule has 236 valence electrons. The van der Waals surface area contributed by atoms with Gasteiger partial charge in [-0.25, -0.2) is 9.80 Å². The second-order valence-electron chi connectivity index (χ2n) is 11.3. The molecule has 2 aromatic rings. The number of hydrazone groups is 1. The lowest BCUT2D eigenvalue weighted by molar-refractivity contribution is -0.123. The fourth-order valence-electron chi connectivity index (χ4n) is 4.88. The zero-order valence-corrected chi connectivity index (χ0v) is 25.4. The van der Waals surface area contributed by atoms with E-state index < -0.39 is 24.0 Å². The molecule has 0 saturated carbocycles. The molecule has 0 spiro atoms. The van der Waals surface area contributed by atoms with Gasteiger partial charge in [-0.15, -0.1) is 0 Å². The first kappa shape index (κ1) is 32.6. The van der Waals surface area contributed by atoms with Crippen LogP contribution < -0.4 is 20.7 Å². The van der Waals surface area contributed by atoms with Crippen molar-refractivity contribution in [1.82, 2.24) is 25.9 Å². The summed E-state index contributed by atoms with van der Waals surface area (Å²) < 4.78 is 11.2. The molecule has 44 heavy (non-hydrogen) atoms. The SMILES string of the molecule is CC(C)C[C@H](NC(=O)c1ccc(OCCN2CCOCC2)cc1)C(=O)N[C@H](/C=N/N1CC(=O)NC1=O)CCc1ccccc1. The third kappa shape index (κ3) is 10.5. The van der Waals surface area contributed by atoms with Gasteiger partial charge >= 0.3 is 6.03 Å². The number of urea groups is 1. The Morgan fingerprint density at radius 2 is 1.77 bits per heavy atom. The van der Waals surface area contributed by atoms with E-state index in [1.807, 2.05) is 44.2 Å². The Balaban J connectivity index is 1.36. The Hall–Kier alpha value is -4.29. The number of hydrogen-bond acceptors (Lipinski definition) is 8. The monoisotopic (exact) mass is 606 g/mol. The van der Waals surface area contributed by atoms with Crippen LogP contribution >= 0.6 is 0 Å². The van der Waals surface area contributed by atoms with E-state index in [2.05, 4.69) is 26.0 Å². The van der Waals surface area contributed by atoms with Gasteiger partial charge in [-0.2, -0.15) is 5.10 Å². The molecule has 2 atom stereocenters. The molecule has 2 aliphatic rings. The first-order valence-corrected chi connectivity index (χ1v) is 15.1. The molecule has 2 saturated heterocycles. The minimum Gasteiger partial charge on any atom is -0.492 e. The number of carbonyl (C=O) groups is 4. The number of benzene rings is 2. The fourth-order valence-corrected chi connectivity index (χ4v) is 4.88. The van der Waals surface area contributed by atoms with Crippen LogP contribution in [0.1, 0.15) is 42.6 Å². The van der Waals surface area contributed by atoms with Gasteiger partial charge in [-0.1, -0.05) is 44.2 Å². The Bertz CT molecular complexity index is 1280. The Morgan fingerprint density at radius 1 is 1.05 bits per heavy atom. The molecule has 5 amide bonds. The summed E-state index contributed by atoms with van der Waals surface area (Å²) >= 11 is 0. The predicted molar refractivity (Wildman–Crippen MR) is 165 cm³/mol. The molecule has 2 fully saturated rings. The largest absolute Gasteiger partial charge is 0.492 e. The lowest BCUT2D eigenvalue weighted by atomic mass is 10.0. The van der Waals surface area contributed by atoms with Crippen LogP contribution in [0.4, 0.5) is 4.79 Å². The van der Waals surface area contributed by atoms with Crippen molar-refractivity contribution in [2.75, 3.05) is 46.0 Å². The molecule has 0 aromatic heterocycles. The normalized spacial score (nSPS) is 17.0. The van der Waals surface area contributed by atoms with E-state index in [1.165, 1.54) is 6.21 Å². The minimum atomic E-state index is -0.795. The zero-order valence-electron chi connectivity index (χ0n) is 25.4. The molecule has 12 nitrogen and oxygen atoms in total. The van der Waals surface area contributed by atoms with Gasteiger partial charge in [0.05, 0.1) is 19.3 Å². The van der Waals surface area contributed by atoms with Gasteiger partial charge in [-0.05, 0) is 55.0 Å². The number of hydrogen-bond donors (Lipinski definition) is 3. The lowest BCUT2D eigenvalue weighted by Crippen LogP contribution is -2.50. The molecule has 0 unspecified atom stereocenters. The zero-order chi connectivity index (χ0) is 31.3. The molecule has 0 bridgehead atoms. The highest BCUT2D eigenvalue weighted by Gasteiger charge is 2.28. The van der Waals surface area contributed by atoms with E-state index in [-0.39, 0.29) is 24.3 Å². The second-order valence-corrected chi connectivity index (χ2v) is 11.3. The third-order valence-corrected chi connectivity index (χ3v) is 7.30. The molecule has 2 heterocycles. The summed E-state index contributed by atoms with van der Waals surface area (Å²) in [7, 11) is 0. The van der Waals surface area contributed by atoms with Gasteiger partial charge in [0.25, 0.3) is 5.91 Å². The van der Waals surface area contributed by atoms with Gasteiger partial charge in [0.15, 0.2) is 0 Å². The van der Waals surface area contributed by atoms with Gasteiger partial charge < -0.3 is 20.1 Å². The van der Waals surface area contributed by atoms with Gasteiger partial charge in [0.1, 0.15) is 24.9 Å². The van der Waals surface area contributed by atoms with Crippen molar-refractivity contribution in [3.8, 4) is 5.75 Å². The summed E-state index contributed by atoms with van der Waals surface area (Å²) in [5, 5.41) is 13.2. The van der Waals surface area contributed by atoms with Crippen molar-refractivity contribution < 1.29 is 28.7 Å². The molecule has 0 radical (unpaired) electrons. The number of rotatable bonds is 15. The van der Waals surface area contributed by atoms with E-state index in [0.29, 0.717) is 37.2 Å². The van der Waals surface area contributed by atoms with Crippen LogP contribution in [0, 0.1) is 5.92 Å². The number of ether oxygens (including phenoxy) is 2. The van der Waals surface area contributed by atoms with Gasteiger partial charge in [0, 0.05) is 31.4 Å². The van der Waals surface area contributed by atoms with Crippen LogP contribution in [0.5, 0.6) is 5.75 Å². The first-order valence-electron chi connectivity index (χ1n) is 15.1. The van der Waals surface area contributed by atoms with Crippen molar-refractivity contribution in [2.45, 2.75) is 45.2 Å². The minimum absolute atomic E-state index is 0.129. The molecule has 2 aromatic carbocycles. The van der Waals surface area contributed by atoms with Crippen LogP contribution in [-0.2, 0) is 20.7 Å². The van der Waals surface area contributed by atoms with E-state index in [1.54, 1.807) is 24.3 Å². The number of amides is 5. The van der Waals surface area contributed by atoms with Crippen LogP contribution in [0.25, 0.3) is 0 Å². The number of carbonyl (C=O) groups excluding carboxylic acids is 4. The van der Waals surface area contributed by atoms with E-state index >= 15 is 0 Å². The molecule has 4 rings (SSSR count). The molecular weight excluding hydrogens is 564 g/mol. The summed E-state index contributed by atoms with van der Waals surface area (Å²) in [5.74, 6) is -0.373. The highest BCUT2D eigenvalue weighted by molar-refractivity contribution is 6.02. The Morgan fingerprint density at radius 3 is 2.43 bits per heavy atom. The number of morpholine rings is 1. The van der Waals surface area contributed by atoms with Crippen molar-refractivity contribution in [2.24, 2.45) is 11.0 Å². The number of nitrogens with zero attached hydrogens (tertiary/aromatic N) is 3. The van der Waals surface area contributed by atoms with Crippen LogP contribution in [0.2, 0.25) is 0 Å². The average molecular weight is 607 g/mol. The summed E-state index contributed by atoms with van der Waals surface area (Å²) in [6, 6.07) is 14.7. The molecule has 12 heteroatoms. The standard InChI is InChI=1S/C32H42N6O6/c1-23(2)20-28(35-30(40)25-9-12-27(13-10-25)44-19-16-37-14-17-43-18-15-37)31(41)34-26(11-8-24-6-4-3-5-7-24)21-33-38-22-29(39)36-32(38)42/h3-7,9-10,12-13,21,23,26,28H,8,11,14-20,22H2,1-2H3,(H,34,41)(H,35,40)(H,36,39,42)/b33-21+/t26-,28-/m0/s1. The maximum absolute atomic E-state index is 13.5. The first-order chi connectivity index (χ1) is 21.3. The Labute approximate surface area is 258 Å². The fraction of sp³-hybridized carbons (Fsp3) is 0.469. The van der Waals surface area contributed by atoms with E-state index in [4.69, 9.17) is 9.47 Å². The molecule has 3 N–H and O–H groups in total. The van der Waals surface area contributed by atoms with Crippen LogP contribution in [0.15, 0.2) is 59.7 Å². The Kier molecular flexibility index (Phi) is 12.3. The van der Waals surface area contributed by atoms with Crippen LogP contribution in [-0.4, -0.2) is 98.0 Å². The maximum atomic E-state index is 13.5. The molecule has 0 aliphatic carbocycles. The highest BCUT2D eigenvalue weighted by Crippen LogP contribution is 2.14. The second kappa shape index (κ2) is 16.5. The van der Waals surface area contributed by atoms with E-state index in [9.17, 15) is 19.2 Å². The predicted octanol–water partition coefficient (Wildman–Crippen LogP) is 2.20. The summed E-state index contributed by atoms with van der Waals surface area (Å²) in [5.41, 5.74) is 1.49. The van der Waals surface area contributed by atoms with Gasteiger partial charge in [-0.3, -0.25) is 24.6 Å². The van der Waals surface area contributed by atoms with Crippen LogP contribution in [0.3, 0.4) is 0 Å². The number of aryl methyl sites for hydroxylation is 1. The summed E-state index contributed by atoms with van der Waals surface area (Å²) in [6.07, 6.45) is 3.03. The maximum Gasteiger partial charge on any atom is 0.344 e. The average Bonchev–Trinajstić information content (AvgIpc) is 3.35. The van der Waals surface area contributed by atoms with Crippen molar-refractivity contribution in [3.05, 3.63) is 65.7 Å². The number of imide groups is 1. The highest BCUT2D eigenvalue weighted by atomic mass is 16.5. The number of nitrogens with one attached hydrogen (secondary N) is 3. The molecular formula is C32H42N6O6. The molecule has 2 aliphatic heterocycles. The van der Waals surface area contributed by atoms with Crippen molar-refractivity contribution >= 4 is 30.0 Å². The lowest BCUT2D eigenvalue weighted by Gasteiger charge is -2.26. The van der Waals surface area contributed by atoms with Crippen molar-refractivity contribution in [1.29, 1.82) is 0 Å². The smallest absolute Gasteiger partial charge is 0.344 e. The summed E-state index contributed by atoms with van der Waals surface area (Å²) in [4.78, 5) is 52.5. The third-order valence-electron chi connectivity index (χ3n) is 7.30. The van der Waals surface area contributed by atoms with Gasteiger partial charge in [0.2, 0.25) is 11.8 Å². The summed E-state index contributed by atoms with van der Waals surface area (Å²) in [6.45, 7) is 8.38. The van der Waals surface area contributed by atoms with E-state index in [0.717, 1.165) is 43.4 Å². The quantitative estimate of drug-likeness (QED) is 0.209. The van der Waals surface area contributed by atoms with Crippen molar-refractivity contribution in [3.63, 3.8) is 0 Å².